The predicted molar refractivity (Wildman–Crippen MR) is 63.8 cm³/mol. The number of hydrogen-bond donors (Lipinski definition) is 1. The molecule has 0 heterocycles. The van der Waals surface area contributed by atoms with Crippen LogP contribution in [0.3, 0.4) is 0 Å². The van der Waals surface area contributed by atoms with Crippen LogP contribution >= 0.6 is 0 Å². The monoisotopic (exact) mass is 273 g/mol. The lowest BCUT2D eigenvalue weighted by atomic mass is 10.1. The van der Waals surface area contributed by atoms with Gasteiger partial charge in [-0.2, -0.15) is 0 Å². The van der Waals surface area contributed by atoms with E-state index < -0.39 is 36.2 Å². The van der Waals surface area contributed by atoms with E-state index in [9.17, 15) is 14.4 Å². The number of esters is 3. The minimum atomic E-state index is -0.807. The van der Waals surface area contributed by atoms with Crippen molar-refractivity contribution < 1.29 is 28.6 Å². The smallest absolute Gasteiger partial charge is 0.303 e. The second-order valence-electron chi connectivity index (χ2n) is 4.53. The number of carbonyl (C=O) groups excluding carboxylic acids is 3. The van der Waals surface area contributed by atoms with Crippen LogP contribution < -0.4 is 5.73 Å². The van der Waals surface area contributed by atoms with Crippen molar-refractivity contribution in [3.63, 3.8) is 0 Å². The maximum absolute atomic E-state index is 11.1. The summed E-state index contributed by atoms with van der Waals surface area (Å²) in [5, 5.41) is 0. The van der Waals surface area contributed by atoms with Crippen LogP contribution in [0, 0.1) is 5.92 Å². The van der Waals surface area contributed by atoms with E-state index in [1.54, 1.807) is 0 Å². The van der Waals surface area contributed by atoms with Gasteiger partial charge >= 0.3 is 17.9 Å². The highest BCUT2D eigenvalue weighted by atomic mass is 16.6. The van der Waals surface area contributed by atoms with Crippen LogP contribution in [-0.2, 0) is 28.6 Å². The molecule has 7 nitrogen and oxygen atoms in total. The maximum atomic E-state index is 11.1. The molecule has 0 radical (unpaired) electrons. The van der Waals surface area contributed by atoms with Crippen LogP contribution in [0.2, 0.25) is 0 Å². The zero-order valence-electron chi connectivity index (χ0n) is 11.3. The molecular weight excluding hydrogens is 254 g/mol. The number of ether oxygens (including phenoxy) is 3. The molecule has 1 aliphatic rings. The van der Waals surface area contributed by atoms with E-state index in [-0.39, 0.29) is 12.5 Å². The first-order valence-electron chi connectivity index (χ1n) is 6.06. The fourth-order valence-corrected chi connectivity index (χ4v) is 2.29. The summed E-state index contributed by atoms with van der Waals surface area (Å²) in [5.74, 6) is -1.72. The summed E-state index contributed by atoms with van der Waals surface area (Å²) in [6, 6.07) is 0. The minimum Gasteiger partial charge on any atom is -0.458 e. The highest BCUT2D eigenvalue weighted by molar-refractivity contribution is 5.68. The van der Waals surface area contributed by atoms with Crippen molar-refractivity contribution in [3.8, 4) is 0 Å². The Bertz CT molecular complexity index is 369. The van der Waals surface area contributed by atoms with Gasteiger partial charge in [0.2, 0.25) is 0 Å². The third-order valence-electron chi connectivity index (χ3n) is 2.91. The minimum absolute atomic E-state index is 0.211. The van der Waals surface area contributed by atoms with E-state index in [4.69, 9.17) is 19.9 Å². The third kappa shape index (κ3) is 4.20. The van der Waals surface area contributed by atoms with Gasteiger partial charge in [-0.15, -0.1) is 0 Å². The SMILES string of the molecule is CC(=O)O[C@@H]1[C@H](OC(C)=O)CC(CN)[C@@H]1OC(C)=O. The summed E-state index contributed by atoms with van der Waals surface area (Å²) in [5.41, 5.74) is 5.61. The molecule has 1 aliphatic carbocycles. The summed E-state index contributed by atoms with van der Waals surface area (Å²) in [4.78, 5) is 33.3. The molecule has 1 rings (SSSR count). The van der Waals surface area contributed by atoms with Crippen LogP contribution in [0.5, 0.6) is 0 Å². The molecule has 1 unspecified atom stereocenters. The molecule has 0 aromatic carbocycles. The molecule has 7 heteroatoms. The van der Waals surface area contributed by atoms with Gasteiger partial charge in [0.25, 0.3) is 0 Å². The van der Waals surface area contributed by atoms with Crippen molar-refractivity contribution >= 4 is 17.9 Å². The van der Waals surface area contributed by atoms with Crippen LogP contribution in [-0.4, -0.2) is 42.8 Å². The average molecular weight is 273 g/mol. The quantitative estimate of drug-likeness (QED) is 0.556. The first-order valence-corrected chi connectivity index (χ1v) is 6.06. The number of hydrogen-bond acceptors (Lipinski definition) is 7. The molecule has 1 fully saturated rings. The molecular formula is C12H19NO6. The maximum Gasteiger partial charge on any atom is 0.303 e. The van der Waals surface area contributed by atoms with Gasteiger partial charge in [-0.05, 0) is 13.0 Å². The Morgan fingerprint density at radius 2 is 1.42 bits per heavy atom. The van der Waals surface area contributed by atoms with Crippen LogP contribution in [0.15, 0.2) is 0 Å². The van der Waals surface area contributed by atoms with Crippen molar-refractivity contribution in [1.82, 2.24) is 0 Å². The molecule has 0 aliphatic heterocycles. The largest absolute Gasteiger partial charge is 0.458 e. The van der Waals surface area contributed by atoms with Crippen LogP contribution in [0.1, 0.15) is 27.2 Å². The highest BCUT2D eigenvalue weighted by Crippen LogP contribution is 2.33. The summed E-state index contributed by atoms with van der Waals surface area (Å²) in [6.45, 7) is 4.01. The molecule has 108 valence electrons. The van der Waals surface area contributed by atoms with E-state index in [1.807, 2.05) is 0 Å². The van der Waals surface area contributed by atoms with Crippen molar-refractivity contribution in [2.45, 2.75) is 45.5 Å². The molecule has 0 saturated heterocycles. The lowest BCUT2D eigenvalue weighted by molar-refractivity contribution is -0.175. The fourth-order valence-electron chi connectivity index (χ4n) is 2.29. The van der Waals surface area contributed by atoms with Gasteiger partial charge in [0.15, 0.2) is 6.10 Å². The van der Waals surface area contributed by atoms with E-state index in [2.05, 4.69) is 0 Å². The first-order chi connectivity index (χ1) is 8.85. The average Bonchev–Trinajstić information content (AvgIpc) is 2.55. The number of carbonyl (C=O) groups is 3. The zero-order chi connectivity index (χ0) is 14.6. The summed E-state index contributed by atoms with van der Waals surface area (Å²) in [7, 11) is 0. The van der Waals surface area contributed by atoms with E-state index in [0.29, 0.717) is 6.42 Å². The molecule has 0 aromatic rings. The summed E-state index contributed by atoms with van der Waals surface area (Å²) < 4.78 is 15.4. The van der Waals surface area contributed by atoms with Crippen LogP contribution in [0.4, 0.5) is 0 Å². The standard InChI is InChI=1S/C12H19NO6/c1-6(14)17-10-4-9(5-13)11(18-7(2)15)12(10)19-8(3)16/h9-12H,4-5,13H2,1-3H3/t9?,10-,11+,12-/m1/s1. The number of rotatable bonds is 4. The van der Waals surface area contributed by atoms with Crippen LogP contribution in [0.25, 0.3) is 0 Å². The Hall–Kier alpha value is -1.63. The first kappa shape index (κ1) is 15.4. The van der Waals surface area contributed by atoms with Gasteiger partial charge < -0.3 is 19.9 Å². The van der Waals surface area contributed by atoms with Crippen molar-refractivity contribution in [1.29, 1.82) is 0 Å². The van der Waals surface area contributed by atoms with E-state index in [0.717, 1.165) is 0 Å². The molecule has 0 aromatic heterocycles. The van der Waals surface area contributed by atoms with Gasteiger partial charge in [0, 0.05) is 26.7 Å². The molecule has 0 bridgehead atoms. The lowest BCUT2D eigenvalue weighted by Crippen LogP contribution is -2.40. The van der Waals surface area contributed by atoms with E-state index >= 15 is 0 Å². The highest BCUT2D eigenvalue weighted by Gasteiger charge is 2.48. The second-order valence-corrected chi connectivity index (χ2v) is 4.53. The van der Waals surface area contributed by atoms with Crippen molar-refractivity contribution in [3.05, 3.63) is 0 Å². The summed E-state index contributed by atoms with van der Waals surface area (Å²) >= 11 is 0. The Morgan fingerprint density at radius 3 is 1.84 bits per heavy atom. The van der Waals surface area contributed by atoms with Gasteiger partial charge in [0.05, 0.1) is 0 Å². The fraction of sp³-hybridized carbons (Fsp3) is 0.750. The van der Waals surface area contributed by atoms with Gasteiger partial charge in [-0.25, -0.2) is 0 Å². The number of nitrogens with two attached hydrogens (primary N) is 1. The topological polar surface area (TPSA) is 105 Å². The van der Waals surface area contributed by atoms with Gasteiger partial charge in [-0.1, -0.05) is 0 Å². The molecule has 1 saturated carbocycles. The normalized spacial score (nSPS) is 29.7. The van der Waals surface area contributed by atoms with Gasteiger partial charge in [-0.3, -0.25) is 14.4 Å². The lowest BCUT2D eigenvalue weighted by Gasteiger charge is -2.25. The Balaban J connectivity index is 2.90. The van der Waals surface area contributed by atoms with E-state index in [1.165, 1.54) is 20.8 Å². The molecule has 0 spiro atoms. The molecule has 0 amide bonds. The summed E-state index contributed by atoms with van der Waals surface area (Å²) in [6.07, 6.45) is -1.74. The Labute approximate surface area is 111 Å². The molecule has 4 atom stereocenters. The third-order valence-corrected chi connectivity index (χ3v) is 2.91. The van der Waals surface area contributed by atoms with Gasteiger partial charge in [0.1, 0.15) is 12.2 Å². The molecule has 2 N–H and O–H groups in total. The zero-order valence-corrected chi connectivity index (χ0v) is 11.3. The van der Waals surface area contributed by atoms with Crippen molar-refractivity contribution in [2.75, 3.05) is 6.54 Å². The second kappa shape index (κ2) is 6.51. The predicted octanol–water partition coefficient (Wildman–Crippen LogP) is -0.240. The Kier molecular flexibility index (Phi) is 5.29. The molecule has 19 heavy (non-hydrogen) atoms. The van der Waals surface area contributed by atoms with Crippen molar-refractivity contribution in [2.24, 2.45) is 11.7 Å². The Morgan fingerprint density at radius 1 is 0.947 bits per heavy atom.